The Morgan fingerprint density at radius 3 is 2.13 bits per heavy atom. The van der Waals surface area contributed by atoms with Crippen LogP contribution < -0.4 is 4.74 Å². The van der Waals surface area contributed by atoms with Crippen molar-refractivity contribution in [3.8, 4) is 11.5 Å². The van der Waals surface area contributed by atoms with Crippen molar-refractivity contribution in [2.24, 2.45) is 10.2 Å². The van der Waals surface area contributed by atoms with Gasteiger partial charge in [0.25, 0.3) is 0 Å². The first kappa shape index (κ1) is 15.5. The monoisotopic (exact) mass is 342 g/mol. The number of hydrogen-bond acceptors (Lipinski definition) is 3. The summed E-state index contributed by atoms with van der Waals surface area (Å²) in [7, 11) is 0. The van der Waals surface area contributed by atoms with Crippen LogP contribution in [0.4, 0.5) is 11.4 Å². The Bertz CT molecular complexity index is 818. The van der Waals surface area contributed by atoms with Gasteiger partial charge in [0.1, 0.15) is 11.4 Å². The molecule has 3 rings (SSSR count). The van der Waals surface area contributed by atoms with Crippen LogP contribution in [0.15, 0.2) is 83.0 Å². The number of ether oxygens (including phenoxy) is 1. The normalized spacial score (nSPS) is 10.9. The number of nitrogens with zero attached hydrogens (tertiary/aromatic N) is 2. The van der Waals surface area contributed by atoms with Crippen LogP contribution in [0, 0.1) is 0 Å². The van der Waals surface area contributed by atoms with Crippen LogP contribution >= 0.6 is 23.2 Å². The molecule has 0 N–H and O–H groups in total. The molecule has 0 atom stereocenters. The Kier molecular flexibility index (Phi) is 4.91. The zero-order chi connectivity index (χ0) is 16.1. The van der Waals surface area contributed by atoms with Crippen LogP contribution in [-0.4, -0.2) is 0 Å². The molecule has 0 amide bonds. The highest BCUT2D eigenvalue weighted by atomic mass is 35.5. The molecule has 0 aliphatic heterocycles. The van der Waals surface area contributed by atoms with Gasteiger partial charge in [0, 0.05) is 10.0 Å². The first-order valence-electron chi connectivity index (χ1n) is 6.90. The van der Waals surface area contributed by atoms with E-state index in [2.05, 4.69) is 10.2 Å². The number of benzene rings is 3. The van der Waals surface area contributed by atoms with E-state index in [0.717, 1.165) is 5.69 Å². The Morgan fingerprint density at radius 2 is 1.39 bits per heavy atom. The second-order valence-corrected chi connectivity index (χ2v) is 5.58. The van der Waals surface area contributed by atoms with Gasteiger partial charge in [0.15, 0.2) is 5.75 Å². The molecule has 0 radical (unpaired) electrons. The smallest absolute Gasteiger partial charge is 0.155 e. The lowest BCUT2D eigenvalue weighted by molar-refractivity contribution is 0.483. The van der Waals surface area contributed by atoms with E-state index in [1.165, 1.54) is 0 Å². The van der Waals surface area contributed by atoms with Crippen molar-refractivity contribution in [1.29, 1.82) is 0 Å². The zero-order valence-electron chi connectivity index (χ0n) is 12.0. The summed E-state index contributed by atoms with van der Waals surface area (Å²) in [6.45, 7) is 0. The second kappa shape index (κ2) is 7.27. The Morgan fingerprint density at radius 1 is 0.696 bits per heavy atom. The first-order chi connectivity index (χ1) is 11.2. The van der Waals surface area contributed by atoms with Gasteiger partial charge in [0.05, 0.1) is 5.69 Å². The molecule has 5 heteroatoms. The molecule has 0 spiro atoms. The van der Waals surface area contributed by atoms with Gasteiger partial charge in [0.2, 0.25) is 0 Å². The summed E-state index contributed by atoms with van der Waals surface area (Å²) in [5.74, 6) is 1.23. The van der Waals surface area contributed by atoms with Crippen molar-refractivity contribution in [2.75, 3.05) is 0 Å². The second-order valence-electron chi connectivity index (χ2n) is 4.70. The highest BCUT2D eigenvalue weighted by Gasteiger charge is 2.06. The molecule has 0 bridgehead atoms. The summed E-state index contributed by atoms with van der Waals surface area (Å²) < 4.78 is 5.84. The topological polar surface area (TPSA) is 34.0 Å². The number of rotatable bonds is 4. The molecule has 23 heavy (non-hydrogen) atoms. The van der Waals surface area contributed by atoms with Gasteiger partial charge in [-0.2, -0.15) is 5.11 Å². The van der Waals surface area contributed by atoms with Crippen LogP contribution in [-0.2, 0) is 0 Å². The van der Waals surface area contributed by atoms with E-state index < -0.39 is 0 Å². The van der Waals surface area contributed by atoms with Crippen molar-refractivity contribution < 1.29 is 4.74 Å². The minimum atomic E-state index is 0.552. The Balaban J connectivity index is 1.88. The fraction of sp³-hybridized carbons (Fsp3) is 0. The van der Waals surface area contributed by atoms with E-state index in [-0.39, 0.29) is 0 Å². The van der Waals surface area contributed by atoms with Crippen LogP contribution in [0.2, 0.25) is 10.0 Å². The average Bonchev–Trinajstić information content (AvgIpc) is 2.58. The summed E-state index contributed by atoms with van der Waals surface area (Å²) in [6, 6.07) is 21.8. The van der Waals surface area contributed by atoms with Gasteiger partial charge >= 0.3 is 0 Å². The maximum absolute atomic E-state index is 6.05. The predicted octanol–water partition coefficient (Wildman–Crippen LogP) is 7.20. The minimum absolute atomic E-state index is 0.552. The molecule has 0 unspecified atom stereocenters. The molecule has 0 heterocycles. The summed E-state index contributed by atoms with van der Waals surface area (Å²) in [5.41, 5.74) is 1.31. The lowest BCUT2D eigenvalue weighted by Gasteiger charge is -2.08. The number of hydrogen-bond donors (Lipinski definition) is 0. The lowest BCUT2D eigenvalue weighted by Crippen LogP contribution is -1.84. The van der Waals surface area contributed by atoms with E-state index in [1.807, 2.05) is 30.3 Å². The number of halogens is 2. The summed E-state index contributed by atoms with van der Waals surface area (Å²) in [5, 5.41) is 9.66. The SMILES string of the molecule is Clc1ccc(Oc2ccc(Cl)cc2/N=N/c2ccccc2)cc1. The molecular weight excluding hydrogens is 331 g/mol. The van der Waals surface area contributed by atoms with Gasteiger partial charge in [-0.05, 0) is 54.6 Å². The van der Waals surface area contributed by atoms with Crippen LogP contribution in [0.3, 0.4) is 0 Å². The van der Waals surface area contributed by atoms with E-state index in [9.17, 15) is 0 Å². The molecule has 3 aromatic carbocycles. The van der Waals surface area contributed by atoms with Gasteiger partial charge in [-0.25, -0.2) is 0 Å². The fourth-order valence-electron chi connectivity index (χ4n) is 1.89. The van der Waals surface area contributed by atoms with E-state index in [1.54, 1.807) is 42.5 Å². The molecule has 0 aromatic heterocycles. The third kappa shape index (κ3) is 4.31. The van der Waals surface area contributed by atoms with Crippen LogP contribution in [0.1, 0.15) is 0 Å². The van der Waals surface area contributed by atoms with Gasteiger partial charge in [-0.3, -0.25) is 0 Å². The van der Waals surface area contributed by atoms with Crippen molar-refractivity contribution in [1.82, 2.24) is 0 Å². The summed E-state index contributed by atoms with van der Waals surface area (Å²) in [6.07, 6.45) is 0. The first-order valence-corrected chi connectivity index (χ1v) is 7.66. The predicted molar refractivity (Wildman–Crippen MR) is 93.6 cm³/mol. The fourth-order valence-corrected chi connectivity index (χ4v) is 2.18. The van der Waals surface area contributed by atoms with Crippen LogP contribution in [0.5, 0.6) is 11.5 Å². The minimum Gasteiger partial charge on any atom is -0.455 e. The number of azo groups is 1. The highest BCUT2D eigenvalue weighted by molar-refractivity contribution is 6.31. The van der Waals surface area contributed by atoms with Crippen LogP contribution in [0.25, 0.3) is 0 Å². The standard InChI is InChI=1S/C18H12Cl2N2O/c19-13-6-9-16(10-7-13)23-18-11-8-14(20)12-17(18)22-21-15-4-2-1-3-5-15/h1-12H/b22-21+. The highest BCUT2D eigenvalue weighted by Crippen LogP contribution is 2.35. The van der Waals surface area contributed by atoms with Crippen molar-refractivity contribution >= 4 is 34.6 Å². The summed E-state index contributed by atoms with van der Waals surface area (Å²) >= 11 is 11.9. The van der Waals surface area contributed by atoms with Crippen molar-refractivity contribution in [3.63, 3.8) is 0 Å². The van der Waals surface area contributed by atoms with Crippen molar-refractivity contribution in [3.05, 3.63) is 82.8 Å². The largest absolute Gasteiger partial charge is 0.455 e. The molecule has 0 saturated carbocycles. The molecule has 0 aliphatic rings. The molecule has 3 nitrogen and oxygen atoms in total. The lowest BCUT2D eigenvalue weighted by atomic mass is 10.3. The molecular formula is C18H12Cl2N2O. The third-order valence-corrected chi connectivity index (χ3v) is 3.48. The molecule has 3 aromatic rings. The molecule has 0 saturated heterocycles. The van der Waals surface area contributed by atoms with E-state index in [4.69, 9.17) is 27.9 Å². The average molecular weight is 343 g/mol. The van der Waals surface area contributed by atoms with Gasteiger partial charge < -0.3 is 4.74 Å². The molecule has 114 valence electrons. The molecule has 0 fully saturated rings. The van der Waals surface area contributed by atoms with E-state index in [0.29, 0.717) is 27.2 Å². The van der Waals surface area contributed by atoms with Gasteiger partial charge in [-0.1, -0.05) is 41.4 Å². The Hall–Kier alpha value is -2.36. The zero-order valence-corrected chi connectivity index (χ0v) is 13.5. The Labute approximate surface area is 144 Å². The van der Waals surface area contributed by atoms with Crippen molar-refractivity contribution in [2.45, 2.75) is 0 Å². The molecule has 0 aliphatic carbocycles. The quantitative estimate of drug-likeness (QED) is 0.461. The third-order valence-electron chi connectivity index (χ3n) is 2.99. The maximum Gasteiger partial charge on any atom is 0.155 e. The van der Waals surface area contributed by atoms with Gasteiger partial charge in [-0.15, -0.1) is 5.11 Å². The maximum atomic E-state index is 6.05. The summed E-state index contributed by atoms with van der Waals surface area (Å²) in [4.78, 5) is 0. The van der Waals surface area contributed by atoms with E-state index >= 15 is 0 Å².